The molecule has 0 fully saturated rings. The summed E-state index contributed by atoms with van der Waals surface area (Å²) < 4.78 is 26.0. The maximum absolute atomic E-state index is 13.5. The first kappa shape index (κ1) is 21.9. The number of fused-ring (bicyclic) bond motifs is 1. The van der Waals surface area contributed by atoms with Gasteiger partial charge in [0.05, 0.1) is 6.54 Å². The molecule has 0 unspecified atom stereocenters. The van der Waals surface area contributed by atoms with Crippen LogP contribution in [0.4, 0.5) is 4.39 Å². The highest BCUT2D eigenvalue weighted by molar-refractivity contribution is 5.94. The van der Waals surface area contributed by atoms with Crippen LogP contribution >= 0.6 is 0 Å². The Morgan fingerprint density at radius 1 is 1.03 bits per heavy atom. The van der Waals surface area contributed by atoms with Crippen molar-refractivity contribution in [2.75, 3.05) is 19.8 Å². The molecule has 1 N–H and O–H groups in total. The minimum Gasteiger partial charge on any atom is -0.484 e. The molecular weight excluding hydrogens is 429 g/mol. The summed E-state index contributed by atoms with van der Waals surface area (Å²) in [6.45, 7) is 1.73. The lowest BCUT2D eigenvalue weighted by Crippen LogP contribution is -2.32. The van der Waals surface area contributed by atoms with Crippen LogP contribution in [0.5, 0.6) is 11.6 Å². The Balaban J connectivity index is 1.27. The van der Waals surface area contributed by atoms with Crippen molar-refractivity contribution in [1.82, 2.24) is 25.1 Å². The maximum Gasteiger partial charge on any atom is 0.258 e. The second-order valence-corrected chi connectivity index (χ2v) is 7.04. The van der Waals surface area contributed by atoms with Gasteiger partial charge in [-0.2, -0.15) is 4.52 Å². The quantitative estimate of drug-likeness (QED) is 0.309. The molecule has 0 aliphatic rings. The van der Waals surface area contributed by atoms with Crippen LogP contribution in [0.1, 0.15) is 17.3 Å². The van der Waals surface area contributed by atoms with Crippen molar-refractivity contribution in [2.45, 2.75) is 6.92 Å². The van der Waals surface area contributed by atoms with Gasteiger partial charge in [-0.3, -0.25) is 9.59 Å². The van der Waals surface area contributed by atoms with E-state index in [1.807, 2.05) is 0 Å². The number of aromatic nitrogens is 4. The number of hydrogen-bond donors (Lipinski definition) is 1. The Bertz CT molecular complexity index is 1290. The molecule has 4 aromatic rings. The van der Waals surface area contributed by atoms with Crippen molar-refractivity contribution in [3.63, 3.8) is 0 Å². The fraction of sp³-hybridized carbons (Fsp3) is 0.174. The van der Waals surface area contributed by atoms with E-state index in [0.717, 1.165) is 0 Å². The minimum atomic E-state index is -0.385. The second-order valence-electron chi connectivity index (χ2n) is 7.04. The van der Waals surface area contributed by atoms with E-state index in [0.29, 0.717) is 34.2 Å². The Morgan fingerprint density at radius 2 is 1.85 bits per heavy atom. The number of halogens is 1. The summed E-state index contributed by atoms with van der Waals surface area (Å²) in [5, 5.41) is 15.1. The fourth-order valence-corrected chi connectivity index (χ4v) is 2.99. The van der Waals surface area contributed by atoms with Gasteiger partial charge < -0.3 is 14.8 Å². The third-order valence-electron chi connectivity index (χ3n) is 4.63. The van der Waals surface area contributed by atoms with Crippen LogP contribution in [0.2, 0.25) is 0 Å². The molecule has 0 spiro atoms. The molecule has 4 rings (SSSR count). The molecule has 0 radical (unpaired) electrons. The third-order valence-corrected chi connectivity index (χ3v) is 4.63. The zero-order valence-electron chi connectivity index (χ0n) is 17.7. The number of ketones is 1. The minimum absolute atomic E-state index is 0.0394. The van der Waals surface area contributed by atoms with E-state index in [1.54, 1.807) is 48.5 Å². The van der Waals surface area contributed by atoms with Gasteiger partial charge in [-0.1, -0.05) is 12.1 Å². The molecule has 2 aromatic carbocycles. The molecular formula is C23H20FN5O4. The topological polar surface area (TPSA) is 108 Å². The average Bonchev–Trinajstić information content (AvgIpc) is 3.24. The summed E-state index contributed by atoms with van der Waals surface area (Å²) in [4.78, 5) is 23.2. The normalized spacial score (nSPS) is 10.7. The van der Waals surface area contributed by atoms with Crippen LogP contribution in [0.25, 0.3) is 17.0 Å². The van der Waals surface area contributed by atoms with E-state index in [9.17, 15) is 14.0 Å². The van der Waals surface area contributed by atoms with Crippen LogP contribution in [0.3, 0.4) is 0 Å². The van der Waals surface area contributed by atoms with Crippen LogP contribution < -0.4 is 14.8 Å². The summed E-state index contributed by atoms with van der Waals surface area (Å²) in [5.41, 5.74) is 1.60. The predicted molar refractivity (Wildman–Crippen MR) is 117 cm³/mol. The van der Waals surface area contributed by atoms with Crippen molar-refractivity contribution in [3.05, 3.63) is 72.0 Å². The Kier molecular flexibility index (Phi) is 6.53. The number of hydrogen-bond acceptors (Lipinski definition) is 7. The molecule has 1 amide bonds. The summed E-state index contributed by atoms with van der Waals surface area (Å²) >= 11 is 0. The zero-order valence-corrected chi connectivity index (χ0v) is 17.7. The molecule has 2 aromatic heterocycles. The molecule has 168 valence electrons. The number of nitrogens with zero attached hydrogens (tertiary/aromatic N) is 4. The molecule has 2 heterocycles. The first-order chi connectivity index (χ1) is 16.0. The highest BCUT2D eigenvalue weighted by atomic mass is 19.1. The molecule has 0 saturated heterocycles. The van der Waals surface area contributed by atoms with Crippen LogP contribution in [0.15, 0.2) is 60.7 Å². The molecule has 0 aliphatic carbocycles. The largest absolute Gasteiger partial charge is 0.484 e. The van der Waals surface area contributed by atoms with Crippen molar-refractivity contribution >= 4 is 17.3 Å². The lowest BCUT2D eigenvalue weighted by molar-refractivity contribution is -0.123. The van der Waals surface area contributed by atoms with E-state index in [1.165, 1.54) is 23.6 Å². The number of rotatable bonds is 9. The van der Waals surface area contributed by atoms with Gasteiger partial charge >= 0.3 is 0 Å². The van der Waals surface area contributed by atoms with Crippen molar-refractivity contribution in [2.24, 2.45) is 0 Å². The first-order valence-electron chi connectivity index (χ1n) is 10.1. The number of nitrogens with one attached hydrogen (secondary N) is 1. The molecule has 33 heavy (non-hydrogen) atoms. The lowest BCUT2D eigenvalue weighted by atomic mass is 10.1. The van der Waals surface area contributed by atoms with E-state index in [4.69, 9.17) is 9.47 Å². The highest BCUT2D eigenvalue weighted by Crippen LogP contribution is 2.19. The van der Waals surface area contributed by atoms with Gasteiger partial charge in [-0.15, -0.1) is 15.3 Å². The van der Waals surface area contributed by atoms with Gasteiger partial charge in [0.2, 0.25) is 5.88 Å². The number of benzene rings is 2. The number of carbonyl (C=O) groups is 2. The van der Waals surface area contributed by atoms with Gasteiger partial charge in [0, 0.05) is 17.2 Å². The molecule has 0 aliphatic heterocycles. The van der Waals surface area contributed by atoms with Gasteiger partial charge in [-0.25, -0.2) is 4.39 Å². The summed E-state index contributed by atoms with van der Waals surface area (Å²) in [7, 11) is 0. The van der Waals surface area contributed by atoms with Crippen molar-refractivity contribution in [3.8, 4) is 23.0 Å². The highest BCUT2D eigenvalue weighted by Gasteiger charge is 2.11. The summed E-state index contributed by atoms with van der Waals surface area (Å²) in [5.74, 6) is 0.441. The fourth-order valence-electron chi connectivity index (χ4n) is 2.99. The van der Waals surface area contributed by atoms with Gasteiger partial charge in [0.15, 0.2) is 23.9 Å². The van der Waals surface area contributed by atoms with E-state index in [-0.39, 0.29) is 37.3 Å². The van der Waals surface area contributed by atoms with Gasteiger partial charge in [-0.05, 0) is 49.4 Å². The van der Waals surface area contributed by atoms with Crippen molar-refractivity contribution in [1.29, 1.82) is 0 Å². The Morgan fingerprint density at radius 3 is 2.61 bits per heavy atom. The third kappa shape index (κ3) is 5.48. The molecule has 9 nitrogen and oxygen atoms in total. The van der Waals surface area contributed by atoms with Gasteiger partial charge in [0.25, 0.3) is 5.91 Å². The van der Waals surface area contributed by atoms with Gasteiger partial charge in [0.1, 0.15) is 18.2 Å². The van der Waals surface area contributed by atoms with Crippen LogP contribution in [-0.4, -0.2) is 51.3 Å². The zero-order chi connectivity index (χ0) is 23.2. The van der Waals surface area contributed by atoms with E-state index >= 15 is 0 Å². The summed E-state index contributed by atoms with van der Waals surface area (Å²) in [6.07, 6.45) is 0. The molecule has 10 heteroatoms. The van der Waals surface area contributed by atoms with E-state index < -0.39 is 0 Å². The first-order valence-corrected chi connectivity index (χ1v) is 10.1. The number of Topliss-reactive ketones (excluding diaryl/α,β-unsaturated/α-hetero) is 1. The summed E-state index contributed by atoms with van der Waals surface area (Å²) in [6, 6.07) is 15.9. The monoisotopic (exact) mass is 449 g/mol. The number of carbonyl (C=O) groups excluding carboxylic acids is 2. The van der Waals surface area contributed by atoms with Crippen LogP contribution in [-0.2, 0) is 4.79 Å². The molecule has 0 saturated carbocycles. The maximum atomic E-state index is 13.5. The second kappa shape index (κ2) is 9.86. The van der Waals surface area contributed by atoms with E-state index in [2.05, 4.69) is 20.6 Å². The average molecular weight is 449 g/mol. The molecule has 0 atom stereocenters. The van der Waals surface area contributed by atoms with Crippen LogP contribution in [0, 0.1) is 5.82 Å². The molecule has 0 bridgehead atoms. The van der Waals surface area contributed by atoms with Crippen molar-refractivity contribution < 1.29 is 23.5 Å². The lowest BCUT2D eigenvalue weighted by Gasteiger charge is -2.09. The number of ether oxygens (including phenoxy) is 2. The predicted octanol–water partition coefficient (Wildman–Crippen LogP) is 2.71. The Hall–Kier alpha value is -4.34. The smallest absolute Gasteiger partial charge is 0.258 e. The SMILES string of the molecule is CC(=O)c1ccc(OCC(=O)NCCOc2ccc3nnc(-c4cccc(F)c4)n3n2)cc1. The number of amides is 1. The Labute approximate surface area is 188 Å². The standard InChI is InChI=1S/C23H20FN5O4/c1-15(30)16-5-7-19(8-6-16)33-14-21(31)25-11-12-32-22-10-9-20-26-27-23(29(20)28-22)17-3-2-4-18(24)13-17/h2-10,13H,11-12,14H2,1H3,(H,25,31).